The molecule has 0 saturated heterocycles. The molecular formula is C11H10BrClN. The van der Waals surface area contributed by atoms with Gasteiger partial charge in [-0.1, -0.05) is 39.7 Å². The maximum absolute atomic E-state index is 6.16. The molecule has 1 atom stereocenters. The molecule has 1 unspecified atom stereocenters. The van der Waals surface area contributed by atoms with Gasteiger partial charge in [-0.2, -0.15) is 0 Å². The second-order valence-electron chi connectivity index (χ2n) is 3.24. The molecule has 1 nitrogen and oxygen atoms in total. The van der Waals surface area contributed by atoms with Crippen LogP contribution < -0.4 is 5.32 Å². The maximum atomic E-state index is 6.16. The topological polar surface area (TPSA) is 12.0 Å². The number of halogens is 2. The lowest BCUT2D eigenvalue weighted by Crippen LogP contribution is -2.11. The van der Waals surface area contributed by atoms with Gasteiger partial charge in [0.05, 0.1) is 0 Å². The van der Waals surface area contributed by atoms with Crippen molar-refractivity contribution >= 4 is 27.5 Å². The van der Waals surface area contributed by atoms with Crippen LogP contribution in [0.15, 0.2) is 34.9 Å². The molecule has 0 spiro atoms. The molecule has 0 amide bonds. The summed E-state index contributed by atoms with van der Waals surface area (Å²) < 4.78 is 1.02. The Morgan fingerprint density at radius 2 is 2.29 bits per heavy atom. The predicted octanol–water partition coefficient (Wildman–Crippen LogP) is 3.85. The standard InChI is InChI=1S/C11H10BrClN/c12-9-1-2-10(11(13)7-9)8-3-5-14-6-4-8/h1-3,5-8,14H,4H2. The van der Waals surface area contributed by atoms with Crippen LogP contribution in [0.25, 0.3) is 0 Å². The Morgan fingerprint density at radius 1 is 1.43 bits per heavy atom. The highest BCUT2D eigenvalue weighted by molar-refractivity contribution is 9.10. The van der Waals surface area contributed by atoms with Crippen LogP contribution in [-0.2, 0) is 0 Å². The number of allylic oxidation sites excluding steroid dienone is 1. The van der Waals surface area contributed by atoms with Gasteiger partial charge in [0.2, 0.25) is 0 Å². The zero-order valence-corrected chi connectivity index (χ0v) is 9.85. The summed E-state index contributed by atoms with van der Waals surface area (Å²) in [4.78, 5) is 0. The Morgan fingerprint density at radius 3 is 2.93 bits per heavy atom. The third kappa shape index (κ3) is 2.12. The van der Waals surface area contributed by atoms with E-state index < -0.39 is 0 Å². The Bertz CT molecular complexity index is 362. The van der Waals surface area contributed by atoms with Crippen molar-refractivity contribution in [3.8, 4) is 0 Å². The first-order valence-corrected chi connectivity index (χ1v) is 5.64. The van der Waals surface area contributed by atoms with Gasteiger partial charge >= 0.3 is 0 Å². The van der Waals surface area contributed by atoms with Crippen molar-refractivity contribution in [2.24, 2.45) is 0 Å². The molecular weight excluding hydrogens is 261 g/mol. The van der Waals surface area contributed by atoms with Crippen molar-refractivity contribution < 1.29 is 0 Å². The molecule has 1 N–H and O–H groups in total. The smallest absolute Gasteiger partial charge is 0.0466 e. The SMILES string of the molecule is Clc1cc(Br)ccc1C1C=CN[CH]C1. The summed E-state index contributed by atoms with van der Waals surface area (Å²) in [5.74, 6) is 0.400. The van der Waals surface area contributed by atoms with Crippen LogP contribution in [0.1, 0.15) is 17.9 Å². The molecule has 1 aliphatic heterocycles. The molecule has 0 fully saturated rings. The highest BCUT2D eigenvalue weighted by Gasteiger charge is 2.13. The molecule has 1 aromatic carbocycles. The van der Waals surface area contributed by atoms with Crippen LogP contribution in [0.3, 0.4) is 0 Å². The van der Waals surface area contributed by atoms with Gasteiger partial charge < -0.3 is 5.32 Å². The molecule has 1 aromatic rings. The zero-order valence-electron chi connectivity index (χ0n) is 7.50. The van der Waals surface area contributed by atoms with E-state index in [1.54, 1.807) is 0 Å². The van der Waals surface area contributed by atoms with E-state index in [4.69, 9.17) is 11.6 Å². The lowest BCUT2D eigenvalue weighted by molar-refractivity contribution is 0.735. The summed E-state index contributed by atoms with van der Waals surface area (Å²) in [5.41, 5.74) is 1.18. The van der Waals surface area contributed by atoms with Crippen molar-refractivity contribution in [1.82, 2.24) is 5.32 Å². The second-order valence-corrected chi connectivity index (χ2v) is 4.56. The second kappa shape index (κ2) is 4.37. The normalized spacial score (nSPS) is 20.6. The quantitative estimate of drug-likeness (QED) is 0.818. The monoisotopic (exact) mass is 270 g/mol. The molecule has 1 heterocycles. The minimum Gasteiger partial charge on any atom is -0.386 e. The van der Waals surface area contributed by atoms with Crippen LogP contribution >= 0.6 is 27.5 Å². The fraction of sp³-hybridized carbons (Fsp3) is 0.182. The van der Waals surface area contributed by atoms with Crippen molar-refractivity contribution in [1.29, 1.82) is 0 Å². The molecule has 0 aromatic heterocycles. The highest BCUT2D eigenvalue weighted by Crippen LogP contribution is 2.31. The first kappa shape index (κ1) is 10.1. The number of benzene rings is 1. The third-order valence-electron chi connectivity index (χ3n) is 2.28. The van der Waals surface area contributed by atoms with Crippen LogP contribution in [0.4, 0.5) is 0 Å². The molecule has 1 aliphatic rings. The van der Waals surface area contributed by atoms with Gasteiger partial charge in [0.15, 0.2) is 0 Å². The average molecular weight is 272 g/mol. The fourth-order valence-corrected chi connectivity index (χ4v) is 2.36. The summed E-state index contributed by atoms with van der Waals surface area (Å²) in [7, 11) is 0. The van der Waals surface area contributed by atoms with Gasteiger partial charge in [-0.25, -0.2) is 0 Å². The third-order valence-corrected chi connectivity index (χ3v) is 3.10. The predicted molar refractivity (Wildman–Crippen MR) is 63.1 cm³/mol. The Balaban J connectivity index is 2.31. The van der Waals surface area contributed by atoms with E-state index in [2.05, 4.69) is 33.4 Å². The lowest BCUT2D eigenvalue weighted by atomic mass is 9.94. The van der Waals surface area contributed by atoms with Crippen molar-refractivity contribution in [3.63, 3.8) is 0 Å². The van der Waals surface area contributed by atoms with E-state index >= 15 is 0 Å². The molecule has 14 heavy (non-hydrogen) atoms. The number of hydrogen-bond donors (Lipinski definition) is 1. The number of rotatable bonds is 1. The molecule has 0 bridgehead atoms. The first-order chi connectivity index (χ1) is 6.77. The van der Waals surface area contributed by atoms with Crippen LogP contribution in [-0.4, -0.2) is 0 Å². The minimum atomic E-state index is 0.400. The van der Waals surface area contributed by atoms with E-state index in [-0.39, 0.29) is 0 Å². The fourth-order valence-electron chi connectivity index (χ4n) is 1.55. The van der Waals surface area contributed by atoms with Crippen molar-refractivity contribution in [2.45, 2.75) is 12.3 Å². The molecule has 73 valence electrons. The molecule has 3 heteroatoms. The van der Waals surface area contributed by atoms with Gasteiger partial charge in [0.1, 0.15) is 0 Å². The summed E-state index contributed by atoms with van der Waals surface area (Å²) in [6, 6.07) is 6.03. The summed E-state index contributed by atoms with van der Waals surface area (Å²) in [6.07, 6.45) is 5.07. The summed E-state index contributed by atoms with van der Waals surface area (Å²) in [6.45, 7) is 2.04. The van der Waals surface area contributed by atoms with Gasteiger partial charge in [-0.3, -0.25) is 0 Å². The number of nitrogens with one attached hydrogen (secondary N) is 1. The first-order valence-electron chi connectivity index (χ1n) is 4.47. The summed E-state index contributed by atoms with van der Waals surface area (Å²) in [5, 5.41) is 3.88. The van der Waals surface area contributed by atoms with Gasteiger partial charge in [-0.15, -0.1) is 0 Å². The van der Waals surface area contributed by atoms with Gasteiger partial charge in [0, 0.05) is 22.0 Å². The molecule has 0 aliphatic carbocycles. The average Bonchev–Trinajstić information content (AvgIpc) is 2.19. The minimum absolute atomic E-state index is 0.400. The largest absolute Gasteiger partial charge is 0.386 e. The van der Waals surface area contributed by atoms with Crippen molar-refractivity contribution in [3.05, 3.63) is 52.1 Å². The molecule has 0 saturated carbocycles. The van der Waals surface area contributed by atoms with Crippen LogP contribution in [0.2, 0.25) is 5.02 Å². The zero-order chi connectivity index (χ0) is 9.97. The van der Waals surface area contributed by atoms with Crippen LogP contribution in [0.5, 0.6) is 0 Å². The number of hydrogen-bond acceptors (Lipinski definition) is 1. The van der Waals surface area contributed by atoms with E-state index in [1.165, 1.54) is 5.56 Å². The summed E-state index contributed by atoms with van der Waals surface area (Å²) >= 11 is 9.56. The molecule has 1 radical (unpaired) electrons. The van der Waals surface area contributed by atoms with E-state index in [9.17, 15) is 0 Å². The van der Waals surface area contributed by atoms with Gasteiger partial charge in [-0.05, 0) is 30.3 Å². The van der Waals surface area contributed by atoms with E-state index in [1.807, 2.05) is 24.9 Å². The maximum Gasteiger partial charge on any atom is 0.0466 e. The van der Waals surface area contributed by atoms with Gasteiger partial charge in [0.25, 0.3) is 0 Å². The highest BCUT2D eigenvalue weighted by atomic mass is 79.9. The Hall–Kier alpha value is -0.470. The Labute approximate surface area is 97.3 Å². The van der Waals surface area contributed by atoms with Crippen LogP contribution in [0, 0.1) is 6.54 Å². The van der Waals surface area contributed by atoms with Crippen molar-refractivity contribution in [2.75, 3.05) is 0 Å². The lowest BCUT2D eigenvalue weighted by Gasteiger charge is -2.18. The molecule has 2 rings (SSSR count). The Kier molecular flexibility index (Phi) is 3.14. The van der Waals surface area contributed by atoms with E-state index in [0.717, 1.165) is 15.9 Å². The van der Waals surface area contributed by atoms with E-state index in [0.29, 0.717) is 5.92 Å².